The van der Waals surface area contributed by atoms with Crippen LogP contribution in [0.2, 0.25) is 0 Å². The van der Waals surface area contributed by atoms with Crippen molar-refractivity contribution in [2.24, 2.45) is 0 Å². The summed E-state index contributed by atoms with van der Waals surface area (Å²) in [5.74, 6) is -1.84. The third-order valence-electron chi connectivity index (χ3n) is 2.20. The van der Waals surface area contributed by atoms with Crippen molar-refractivity contribution >= 4 is 16.0 Å². The second-order valence-electron chi connectivity index (χ2n) is 4.22. The summed E-state index contributed by atoms with van der Waals surface area (Å²) in [5.41, 5.74) is -0.157. The summed E-state index contributed by atoms with van der Waals surface area (Å²) in [6.45, 7) is 4.80. The van der Waals surface area contributed by atoms with E-state index in [0.29, 0.717) is 0 Å². The number of aromatic carboxylic acids is 1. The predicted octanol–water partition coefficient (Wildman–Crippen LogP) is 1.09. The van der Waals surface area contributed by atoms with Crippen molar-refractivity contribution in [3.05, 3.63) is 23.3 Å². The molecule has 0 aromatic heterocycles. The highest BCUT2D eigenvalue weighted by molar-refractivity contribution is 7.89. The number of nitrogens with one attached hydrogen (secondary N) is 1. The maximum atomic E-state index is 12.0. The Morgan fingerprint density at radius 2 is 1.89 bits per heavy atom. The van der Waals surface area contributed by atoms with Gasteiger partial charge in [-0.2, -0.15) is 0 Å². The molecule has 6 nitrogen and oxygen atoms in total. The molecule has 0 fully saturated rings. The molecule has 0 aliphatic heterocycles. The van der Waals surface area contributed by atoms with Gasteiger partial charge in [-0.25, -0.2) is 17.9 Å². The van der Waals surface area contributed by atoms with Crippen LogP contribution in [0.5, 0.6) is 5.75 Å². The summed E-state index contributed by atoms with van der Waals surface area (Å²) >= 11 is 0. The third-order valence-corrected chi connectivity index (χ3v) is 4.00. The summed E-state index contributed by atoms with van der Waals surface area (Å²) in [7, 11) is -3.79. The zero-order chi connectivity index (χ0) is 14.1. The van der Waals surface area contributed by atoms with Gasteiger partial charge in [0.05, 0.1) is 4.90 Å². The van der Waals surface area contributed by atoms with E-state index in [-0.39, 0.29) is 16.5 Å². The van der Waals surface area contributed by atoms with Gasteiger partial charge in [-0.3, -0.25) is 0 Å². The van der Waals surface area contributed by atoms with E-state index in [9.17, 15) is 18.3 Å². The van der Waals surface area contributed by atoms with Crippen molar-refractivity contribution in [3.8, 4) is 5.75 Å². The fourth-order valence-corrected chi connectivity index (χ4v) is 3.01. The lowest BCUT2D eigenvalue weighted by molar-refractivity contribution is 0.0693. The lowest BCUT2D eigenvalue weighted by Gasteiger charge is -2.13. The van der Waals surface area contributed by atoms with Crippen LogP contribution < -0.4 is 4.72 Å². The summed E-state index contributed by atoms with van der Waals surface area (Å²) in [5, 5.41) is 18.3. The molecule has 1 rings (SSSR count). The molecule has 0 bridgehead atoms. The monoisotopic (exact) mass is 273 g/mol. The number of aryl methyl sites for hydroxylation is 1. The van der Waals surface area contributed by atoms with Crippen LogP contribution in [-0.2, 0) is 10.0 Å². The quantitative estimate of drug-likeness (QED) is 0.761. The third kappa shape index (κ3) is 2.99. The molecule has 0 atom stereocenters. The van der Waals surface area contributed by atoms with Crippen molar-refractivity contribution in [1.29, 1.82) is 0 Å². The minimum Gasteiger partial charge on any atom is -0.507 e. The summed E-state index contributed by atoms with van der Waals surface area (Å²) in [4.78, 5) is 10.7. The van der Waals surface area contributed by atoms with Gasteiger partial charge >= 0.3 is 5.97 Å². The van der Waals surface area contributed by atoms with Crippen molar-refractivity contribution in [2.45, 2.75) is 31.7 Å². The lowest BCUT2D eigenvalue weighted by atomic mass is 10.1. The fraction of sp³-hybridized carbons (Fsp3) is 0.364. The number of benzene rings is 1. The molecular formula is C11H15NO5S. The molecule has 0 aliphatic rings. The molecule has 18 heavy (non-hydrogen) atoms. The number of carbonyl (C=O) groups is 1. The first-order valence-electron chi connectivity index (χ1n) is 5.24. The number of hydrogen-bond acceptors (Lipinski definition) is 4. The summed E-state index contributed by atoms with van der Waals surface area (Å²) in [6, 6.07) is 1.77. The van der Waals surface area contributed by atoms with Gasteiger partial charge in [0, 0.05) is 6.04 Å². The van der Waals surface area contributed by atoms with Crippen LogP contribution in [0.1, 0.15) is 29.8 Å². The summed E-state index contributed by atoms with van der Waals surface area (Å²) in [6.07, 6.45) is 0. The topological polar surface area (TPSA) is 104 Å². The number of rotatable bonds is 4. The van der Waals surface area contributed by atoms with Crippen molar-refractivity contribution in [3.63, 3.8) is 0 Å². The molecule has 0 saturated heterocycles. The van der Waals surface area contributed by atoms with E-state index in [0.717, 1.165) is 12.1 Å². The molecule has 100 valence electrons. The average Bonchev–Trinajstić information content (AvgIpc) is 2.13. The van der Waals surface area contributed by atoms with Crippen LogP contribution in [0.4, 0.5) is 0 Å². The van der Waals surface area contributed by atoms with E-state index >= 15 is 0 Å². The number of hydrogen-bond donors (Lipinski definition) is 3. The largest absolute Gasteiger partial charge is 0.507 e. The SMILES string of the molecule is Cc1cc(O)c(C(=O)O)cc1S(=O)(=O)NC(C)C. The maximum absolute atomic E-state index is 12.0. The van der Waals surface area contributed by atoms with Crippen LogP contribution >= 0.6 is 0 Å². The molecule has 1 aromatic rings. The second kappa shape index (κ2) is 4.95. The highest BCUT2D eigenvalue weighted by Crippen LogP contribution is 2.25. The van der Waals surface area contributed by atoms with Crippen LogP contribution in [0.15, 0.2) is 17.0 Å². The van der Waals surface area contributed by atoms with Crippen molar-refractivity contribution in [2.75, 3.05) is 0 Å². The Bertz CT molecular complexity index is 577. The van der Waals surface area contributed by atoms with E-state index < -0.39 is 27.3 Å². The number of phenols is 1. The Labute approximate surface area is 105 Å². The standard InChI is InChI=1S/C11H15NO5S/c1-6(2)12-18(16,17)10-5-8(11(14)15)9(13)4-7(10)3/h4-6,12-13H,1-3H3,(H,14,15). The highest BCUT2D eigenvalue weighted by Gasteiger charge is 2.22. The van der Waals surface area contributed by atoms with Gasteiger partial charge in [0.1, 0.15) is 11.3 Å². The van der Waals surface area contributed by atoms with Gasteiger partial charge < -0.3 is 10.2 Å². The molecule has 0 amide bonds. The Hall–Kier alpha value is -1.60. The average molecular weight is 273 g/mol. The van der Waals surface area contributed by atoms with E-state index in [1.807, 2.05) is 0 Å². The normalized spacial score (nSPS) is 11.8. The highest BCUT2D eigenvalue weighted by atomic mass is 32.2. The molecular weight excluding hydrogens is 258 g/mol. The van der Waals surface area contributed by atoms with Crippen LogP contribution in [0, 0.1) is 6.92 Å². The molecule has 0 saturated carbocycles. The van der Waals surface area contributed by atoms with E-state index in [1.54, 1.807) is 13.8 Å². The molecule has 1 aromatic carbocycles. The molecule has 0 radical (unpaired) electrons. The fourth-order valence-electron chi connectivity index (χ4n) is 1.51. The predicted molar refractivity (Wildman–Crippen MR) is 65.3 cm³/mol. The zero-order valence-electron chi connectivity index (χ0n) is 10.3. The lowest BCUT2D eigenvalue weighted by Crippen LogP contribution is -2.30. The summed E-state index contributed by atoms with van der Waals surface area (Å²) < 4.78 is 26.3. The van der Waals surface area contributed by atoms with Gasteiger partial charge in [0.15, 0.2) is 0 Å². The molecule has 0 unspecified atom stereocenters. The van der Waals surface area contributed by atoms with E-state index in [1.165, 1.54) is 6.92 Å². The maximum Gasteiger partial charge on any atom is 0.339 e. The minimum atomic E-state index is -3.79. The Morgan fingerprint density at radius 3 is 2.33 bits per heavy atom. The van der Waals surface area contributed by atoms with Crippen LogP contribution in [0.25, 0.3) is 0 Å². The Morgan fingerprint density at radius 1 is 1.33 bits per heavy atom. The second-order valence-corrected chi connectivity index (χ2v) is 5.90. The smallest absolute Gasteiger partial charge is 0.339 e. The molecule has 7 heteroatoms. The number of aromatic hydroxyl groups is 1. The van der Waals surface area contributed by atoms with Crippen LogP contribution in [0.3, 0.4) is 0 Å². The number of sulfonamides is 1. The van der Waals surface area contributed by atoms with Crippen molar-refractivity contribution < 1.29 is 23.4 Å². The van der Waals surface area contributed by atoms with Gasteiger partial charge in [0.2, 0.25) is 10.0 Å². The minimum absolute atomic E-state index is 0.147. The molecule has 0 aliphatic carbocycles. The number of carboxylic acid groups (broad SMARTS) is 1. The first-order chi connectivity index (χ1) is 8.15. The van der Waals surface area contributed by atoms with Crippen molar-refractivity contribution in [1.82, 2.24) is 4.72 Å². The molecule has 0 spiro atoms. The number of carboxylic acids is 1. The van der Waals surface area contributed by atoms with Gasteiger partial charge in [-0.05, 0) is 38.5 Å². The first kappa shape index (κ1) is 14.5. The van der Waals surface area contributed by atoms with Gasteiger partial charge in [0.25, 0.3) is 0 Å². The Balaban J connectivity index is 3.42. The van der Waals surface area contributed by atoms with E-state index in [4.69, 9.17) is 5.11 Å². The van der Waals surface area contributed by atoms with Gasteiger partial charge in [-0.15, -0.1) is 0 Å². The molecule has 3 N–H and O–H groups in total. The van der Waals surface area contributed by atoms with Gasteiger partial charge in [-0.1, -0.05) is 0 Å². The zero-order valence-corrected chi connectivity index (χ0v) is 11.1. The van der Waals surface area contributed by atoms with Crippen LogP contribution in [-0.4, -0.2) is 30.6 Å². The Kier molecular flexibility index (Phi) is 3.98. The first-order valence-corrected chi connectivity index (χ1v) is 6.72. The molecule has 0 heterocycles. The van der Waals surface area contributed by atoms with E-state index in [2.05, 4.69) is 4.72 Å².